The van der Waals surface area contributed by atoms with E-state index in [4.69, 9.17) is 0 Å². The molecule has 2 nitrogen and oxygen atoms in total. The smallest absolute Gasteiger partial charge is 0.0192 e. The number of hydrogen-bond donors (Lipinski definition) is 2. The topological polar surface area (TPSA) is 24.1 Å². The minimum Gasteiger partial charge on any atom is -0.313 e. The average Bonchev–Trinajstić information content (AvgIpc) is 2.87. The quantitative estimate of drug-likeness (QED) is 0.782. The first-order valence-electron chi connectivity index (χ1n) is 7.90. The van der Waals surface area contributed by atoms with Gasteiger partial charge in [0.05, 0.1) is 0 Å². The van der Waals surface area contributed by atoms with Crippen LogP contribution in [0.15, 0.2) is 0 Å². The monoisotopic (exact) mass is 234 g/mol. The Morgan fingerprint density at radius 1 is 0.941 bits per heavy atom. The van der Waals surface area contributed by atoms with E-state index in [0.717, 1.165) is 35.8 Å². The van der Waals surface area contributed by atoms with E-state index >= 15 is 0 Å². The second-order valence-corrected chi connectivity index (χ2v) is 6.92. The fourth-order valence-corrected chi connectivity index (χ4v) is 5.15. The van der Waals surface area contributed by atoms with E-state index in [9.17, 15) is 0 Å². The molecular formula is C15H26N2. The molecule has 0 aromatic carbocycles. The lowest BCUT2D eigenvalue weighted by Gasteiger charge is -2.18. The summed E-state index contributed by atoms with van der Waals surface area (Å²) in [4.78, 5) is 0. The summed E-state index contributed by atoms with van der Waals surface area (Å²) in [6, 6.07) is 1.68. The molecular weight excluding hydrogens is 208 g/mol. The highest BCUT2D eigenvalue weighted by atomic mass is 15.1. The molecule has 4 aliphatic rings. The third-order valence-corrected chi connectivity index (χ3v) is 6.00. The van der Waals surface area contributed by atoms with E-state index in [1.165, 1.54) is 38.8 Å². The highest BCUT2D eigenvalue weighted by Crippen LogP contribution is 2.65. The molecule has 3 saturated carbocycles. The molecule has 5 unspecified atom stereocenters. The molecule has 1 heterocycles. The van der Waals surface area contributed by atoms with Gasteiger partial charge >= 0.3 is 0 Å². The van der Waals surface area contributed by atoms with E-state index in [1.54, 1.807) is 19.3 Å². The molecule has 2 N–H and O–H groups in total. The lowest BCUT2D eigenvalue weighted by atomic mass is 10.0. The molecule has 4 fully saturated rings. The molecule has 1 aliphatic heterocycles. The molecule has 1 saturated heterocycles. The Bertz CT molecular complexity index is 267. The second-order valence-electron chi connectivity index (χ2n) is 6.92. The van der Waals surface area contributed by atoms with Crippen molar-refractivity contribution >= 4 is 0 Å². The van der Waals surface area contributed by atoms with Crippen LogP contribution >= 0.6 is 0 Å². The first-order valence-corrected chi connectivity index (χ1v) is 7.90. The van der Waals surface area contributed by atoms with Crippen molar-refractivity contribution in [3.63, 3.8) is 0 Å². The zero-order valence-corrected chi connectivity index (χ0v) is 10.8. The number of fused-ring (bicyclic) bond motifs is 5. The van der Waals surface area contributed by atoms with Crippen LogP contribution in [0, 0.1) is 23.7 Å². The Hall–Kier alpha value is -0.0800. The van der Waals surface area contributed by atoms with Gasteiger partial charge in [0.1, 0.15) is 0 Å². The normalized spacial score (nSPS) is 52.2. The summed E-state index contributed by atoms with van der Waals surface area (Å²) in [6.07, 6.45) is 10.3. The van der Waals surface area contributed by atoms with Gasteiger partial charge in [0, 0.05) is 18.6 Å². The first-order chi connectivity index (χ1) is 8.43. The Morgan fingerprint density at radius 2 is 1.76 bits per heavy atom. The molecule has 4 rings (SSSR count). The van der Waals surface area contributed by atoms with Crippen LogP contribution in [-0.4, -0.2) is 25.2 Å². The van der Waals surface area contributed by atoms with Crippen LogP contribution < -0.4 is 10.6 Å². The molecule has 96 valence electrons. The molecule has 17 heavy (non-hydrogen) atoms. The van der Waals surface area contributed by atoms with Gasteiger partial charge in [-0.2, -0.15) is 0 Å². The van der Waals surface area contributed by atoms with Crippen molar-refractivity contribution in [2.24, 2.45) is 23.7 Å². The van der Waals surface area contributed by atoms with Crippen LogP contribution in [0.1, 0.15) is 44.9 Å². The van der Waals surface area contributed by atoms with Crippen LogP contribution in [0.3, 0.4) is 0 Å². The summed E-state index contributed by atoms with van der Waals surface area (Å²) in [5.74, 6) is 4.42. The lowest BCUT2D eigenvalue weighted by Crippen LogP contribution is -2.40. The van der Waals surface area contributed by atoms with Crippen LogP contribution in [-0.2, 0) is 0 Å². The summed E-state index contributed by atoms with van der Waals surface area (Å²) in [5.41, 5.74) is 0. The van der Waals surface area contributed by atoms with E-state index in [2.05, 4.69) is 10.6 Å². The van der Waals surface area contributed by atoms with Gasteiger partial charge in [-0.3, -0.25) is 0 Å². The zero-order chi connectivity index (χ0) is 11.2. The summed E-state index contributed by atoms with van der Waals surface area (Å²) in [7, 11) is 0. The molecule has 0 aromatic heterocycles. The summed E-state index contributed by atoms with van der Waals surface area (Å²) >= 11 is 0. The Kier molecular flexibility index (Phi) is 2.69. The van der Waals surface area contributed by atoms with E-state index < -0.39 is 0 Å². The fraction of sp³-hybridized carbons (Fsp3) is 1.00. The van der Waals surface area contributed by atoms with Gasteiger partial charge in [0.15, 0.2) is 0 Å². The van der Waals surface area contributed by atoms with Crippen molar-refractivity contribution in [2.45, 2.75) is 57.0 Å². The van der Waals surface area contributed by atoms with Crippen LogP contribution in [0.4, 0.5) is 0 Å². The maximum Gasteiger partial charge on any atom is 0.0192 e. The maximum atomic E-state index is 3.89. The SMILES string of the molecule is C1CCNC(CNC2C3C4CCC(C4)C23)CC1. The molecule has 5 atom stereocenters. The van der Waals surface area contributed by atoms with Crippen molar-refractivity contribution in [3.05, 3.63) is 0 Å². The van der Waals surface area contributed by atoms with Gasteiger partial charge in [-0.1, -0.05) is 12.8 Å². The van der Waals surface area contributed by atoms with Gasteiger partial charge in [-0.05, 0) is 62.3 Å². The first kappa shape index (κ1) is 10.8. The van der Waals surface area contributed by atoms with E-state index in [1.807, 2.05) is 0 Å². The Balaban J connectivity index is 1.26. The third kappa shape index (κ3) is 1.84. The molecule has 0 radical (unpaired) electrons. The average molecular weight is 234 g/mol. The molecule has 0 amide bonds. The highest BCUT2D eigenvalue weighted by Gasteiger charge is 2.64. The standard InChI is InChI=1S/C15H26N2/c1-2-4-12(16-7-3-1)9-17-15-13-10-5-6-11(8-10)14(13)15/h10-17H,1-9H2. The predicted molar refractivity (Wildman–Crippen MR) is 69.9 cm³/mol. The van der Waals surface area contributed by atoms with Gasteiger partial charge in [-0.25, -0.2) is 0 Å². The van der Waals surface area contributed by atoms with Crippen molar-refractivity contribution in [3.8, 4) is 0 Å². The van der Waals surface area contributed by atoms with Gasteiger partial charge < -0.3 is 10.6 Å². The largest absolute Gasteiger partial charge is 0.313 e. The number of rotatable bonds is 3. The summed E-state index contributed by atoms with van der Waals surface area (Å²) < 4.78 is 0. The van der Waals surface area contributed by atoms with Crippen molar-refractivity contribution in [1.82, 2.24) is 10.6 Å². The van der Waals surface area contributed by atoms with Crippen molar-refractivity contribution in [2.75, 3.05) is 13.1 Å². The molecule has 2 heteroatoms. The number of nitrogens with one attached hydrogen (secondary N) is 2. The molecule has 3 aliphatic carbocycles. The zero-order valence-electron chi connectivity index (χ0n) is 10.8. The fourth-order valence-electron chi connectivity index (χ4n) is 5.15. The Morgan fingerprint density at radius 3 is 2.59 bits per heavy atom. The minimum atomic E-state index is 0.761. The van der Waals surface area contributed by atoms with Crippen LogP contribution in [0.5, 0.6) is 0 Å². The van der Waals surface area contributed by atoms with Crippen molar-refractivity contribution in [1.29, 1.82) is 0 Å². The molecule has 0 spiro atoms. The third-order valence-electron chi connectivity index (χ3n) is 6.00. The minimum absolute atomic E-state index is 0.761. The summed E-state index contributed by atoms with van der Waals surface area (Å²) in [5, 5.41) is 7.60. The summed E-state index contributed by atoms with van der Waals surface area (Å²) in [6.45, 7) is 2.48. The second kappa shape index (κ2) is 4.24. The van der Waals surface area contributed by atoms with Gasteiger partial charge in [0.2, 0.25) is 0 Å². The van der Waals surface area contributed by atoms with Crippen LogP contribution in [0.25, 0.3) is 0 Å². The molecule has 0 aromatic rings. The lowest BCUT2D eigenvalue weighted by molar-refractivity contribution is 0.418. The van der Waals surface area contributed by atoms with E-state index in [-0.39, 0.29) is 0 Å². The molecule has 2 bridgehead atoms. The number of hydrogen-bond acceptors (Lipinski definition) is 2. The predicted octanol–water partition coefficient (Wildman–Crippen LogP) is 2.15. The van der Waals surface area contributed by atoms with E-state index in [0.29, 0.717) is 0 Å². The van der Waals surface area contributed by atoms with Crippen molar-refractivity contribution < 1.29 is 0 Å². The van der Waals surface area contributed by atoms with Crippen LogP contribution in [0.2, 0.25) is 0 Å². The van der Waals surface area contributed by atoms with Gasteiger partial charge in [0.25, 0.3) is 0 Å². The maximum absolute atomic E-state index is 3.89. The Labute approximate surface area is 105 Å². The van der Waals surface area contributed by atoms with Gasteiger partial charge in [-0.15, -0.1) is 0 Å². The highest BCUT2D eigenvalue weighted by molar-refractivity contribution is 5.16.